The maximum Gasteiger partial charge on any atom is 0.336 e. The quantitative estimate of drug-likeness (QED) is 0.512. The van der Waals surface area contributed by atoms with Gasteiger partial charge in [-0.3, -0.25) is 14.2 Å². The molecule has 0 aliphatic carbocycles. The van der Waals surface area contributed by atoms with Crippen LogP contribution in [0.25, 0.3) is 16.7 Å². The highest BCUT2D eigenvalue weighted by molar-refractivity contribution is 6.33. The second-order valence-electron chi connectivity index (χ2n) is 7.60. The third kappa shape index (κ3) is 3.73. The van der Waals surface area contributed by atoms with Crippen LogP contribution in [0.3, 0.4) is 0 Å². The van der Waals surface area contributed by atoms with Gasteiger partial charge in [0.2, 0.25) is 5.91 Å². The molecule has 2 aromatic carbocycles. The summed E-state index contributed by atoms with van der Waals surface area (Å²) in [5.41, 5.74) is 1.65. The summed E-state index contributed by atoms with van der Waals surface area (Å²) >= 11 is 6.20. The number of carbonyl (C=O) groups excluding carboxylic acids is 1. The normalized spacial score (nSPS) is 11.2. The number of rotatable bonds is 4. The van der Waals surface area contributed by atoms with E-state index in [1.54, 1.807) is 42.8 Å². The third-order valence-electron chi connectivity index (χ3n) is 5.36. The summed E-state index contributed by atoms with van der Waals surface area (Å²) < 4.78 is 17.2. The number of fused-ring (bicyclic) bond motifs is 1. The Balaban J connectivity index is 1.86. The Hall–Kier alpha value is -3.65. The second-order valence-corrected chi connectivity index (χ2v) is 8.00. The molecule has 2 heterocycles. The molecule has 0 aliphatic rings. The van der Waals surface area contributed by atoms with Crippen LogP contribution >= 0.6 is 11.6 Å². The predicted molar refractivity (Wildman–Crippen MR) is 122 cm³/mol. The molecule has 1 N–H and O–H groups in total. The average Bonchev–Trinajstić information content (AvgIpc) is 3.03. The number of nitrogens with one attached hydrogen (secondary N) is 1. The van der Waals surface area contributed by atoms with Gasteiger partial charge in [0.25, 0.3) is 5.56 Å². The molecule has 32 heavy (non-hydrogen) atoms. The van der Waals surface area contributed by atoms with Gasteiger partial charge in [0.05, 0.1) is 21.9 Å². The highest BCUT2D eigenvalue weighted by atomic mass is 35.5. The zero-order valence-corrected chi connectivity index (χ0v) is 18.4. The predicted octanol–water partition coefficient (Wildman–Crippen LogP) is 3.54. The zero-order valence-electron chi connectivity index (χ0n) is 17.6. The molecule has 7 nitrogen and oxygen atoms in total. The monoisotopic (exact) mass is 454 g/mol. The van der Waals surface area contributed by atoms with Gasteiger partial charge in [0.1, 0.15) is 17.9 Å². The van der Waals surface area contributed by atoms with Crippen LogP contribution in [0, 0.1) is 19.7 Å². The van der Waals surface area contributed by atoms with Crippen molar-refractivity contribution < 1.29 is 9.18 Å². The van der Waals surface area contributed by atoms with Crippen molar-refractivity contribution in [3.8, 4) is 5.69 Å². The van der Waals surface area contributed by atoms with Crippen LogP contribution in [0.5, 0.6) is 0 Å². The lowest BCUT2D eigenvalue weighted by atomic mass is 10.2. The van der Waals surface area contributed by atoms with Crippen LogP contribution in [0.15, 0.2) is 58.1 Å². The maximum absolute atomic E-state index is 13.4. The van der Waals surface area contributed by atoms with Crippen molar-refractivity contribution in [1.29, 1.82) is 0 Å². The van der Waals surface area contributed by atoms with Crippen molar-refractivity contribution in [2.24, 2.45) is 7.05 Å². The van der Waals surface area contributed by atoms with Gasteiger partial charge in [0, 0.05) is 12.7 Å². The van der Waals surface area contributed by atoms with Gasteiger partial charge in [0.15, 0.2) is 0 Å². The molecular formula is C23H20ClFN4O3. The first-order valence-corrected chi connectivity index (χ1v) is 10.2. The smallest absolute Gasteiger partial charge is 0.336 e. The summed E-state index contributed by atoms with van der Waals surface area (Å²) in [7, 11) is 1.70. The van der Waals surface area contributed by atoms with Gasteiger partial charge >= 0.3 is 5.69 Å². The van der Waals surface area contributed by atoms with E-state index in [-0.39, 0.29) is 17.7 Å². The van der Waals surface area contributed by atoms with Crippen molar-refractivity contribution in [3.63, 3.8) is 0 Å². The molecule has 164 valence electrons. The molecule has 0 spiro atoms. The summed E-state index contributed by atoms with van der Waals surface area (Å²) in [6.45, 7) is 3.33. The van der Waals surface area contributed by atoms with Crippen molar-refractivity contribution in [2.75, 3.05) is 5.32 Å². The van der Waals surface area contributed by atoms with Crippen LogP contribution in [0.4, 0.5) is 10.1 Å². The summed E-state index contributed by atoms with van der Waals surface area (Å²) in [4.78, 5) is 39.3. The standard InChI is InChI=1S/C23H20ClFN4O3/c1-13-4-9-18(17(24)10-13)26-20(30)12-28-19-11-14(2)27(3)21(19)22(31)29(23(28)32)16-7-5-15(25)6-8-16/h4-11H,12H2,1-3H3,(H,26,30). The second kappa shape index (κ2) is 8.12. The number of hydrogen-bond donors (Lipinski definition) is 1. The minimum absolute atomic E-state index is 0.206. The Morgan fingerprint density at radius 2 is 1.75 bits per heavy atom. The van der Waals surface area contributed by atoms with E-state index >= 15 is 0 Å². The summed E-state index contributed by atoms with van der Waals surface area (Å²) in [6.07, 6.45) is 0. The van der Waals surface area contributed by atoms with E-state index < -0.39 is 23.0 Å². The van der Waals surface area contributed by atoms with Gasteiger partial charge in [-0.25, -0.2) is 13.8 Å². The Bertz CT molecular complexity index is 1480. The Morgan fingerprint density at radius 3 is 2.41 bits per heavy atom. The number of carbonyl (C=O) groups is 1. The lowest BCUT2D eigenvalue weighted by molar-refractivity contribution is -0.116. The van der Waals surface area contributed by atoms with E-state index in [0.717, 1.165) is 28.0 Å². The molecule has 0 atom stereocenters. The van der Waals surface area contributed by atoms with Crippen molar-refractivity contribution >= 4 is 34.2 Å². The van der Waals surface area contributed by atoms with E-state index in [1.165, 1.54) is 16.7 Å². The average molecular weight is 455 g/mol. The molecule has 4 rings (SSSR count). The number of anilines is 1. The number of aryl methyl sites for hydroxylation is 3. The van der Waals surface area contributed by atoms with E-state index in [0.29, 0.717) is 16.2 Å². The lowest BCUT2D eigenvalue weighted by Crippen LogP contribution is -2.41. The van der Waals surface area contributed by atoms with Crippen LogP contribution in [-0.4, -0.2) is 19.6 Å². The fraction of sp³-hybridized carbons (Fsp3) is 0.174. The molecule has 2 aromatic heterocycles. The first-order chi connectivity index (χ1) is 15.2. The number of aromatic nitrogens is 3. The van der Waals surface area contributed by atoms with Crippen LogP contribution in [-0.2, 0) is 18.4 Å². The van der Waals surface area contributed by atoms with E-state index in [2.05, 4.69) is 5.32 Å². The van der Waals surface area contributed by atoms with E-state index in [4.69, 9.17) is 11.6 Å². The molecular weight excluding hydrogens is 435 g/mol. The number of hydrogen-bond acceptors (Lipinski definition) is 3. The third-order valence-corrected chi connectivity index (χ3v) is 5.67. The lowest BCUT2D eigenvalue weighted by Gasteiger charge is -2.14. The maximum atomic E-state index is 13.4. The molecule has 0 saturated carbocycles. The van der Waals surface area contributed by atoms with Gasteiger partial charge < -0.3 is 9.88 Å². The van der Waals surface area contributed by atoms with Gasteiger partial charge in [-0.15, -0.1) is 0 Å². The number of amides is 1. The highest BCUT2D eigenvalue weighted by Gasteiger charge is 2.20. The number of halogens is 2. The summed E-state index contributed by atoms with van der Waals surface area (Å²) in [5.74, 6) is -0.975. The Labute approximate surface area is 187 Å². The first-order valence-electron chi connectivity index (χ1n) is 9.81. The molecule has 4 aromatic rings. The zero-order chi connectivity index (χ0) is 23.2. The summed E-state index contributed by atoms with van der Waals surface area (Å²) in [5, 5.41) is 3.08. The minimum Gasteiger partial charge on any atom is -0.342 e. The minimum atomic E-state index is -0.704. The van der Waals surface area contributed by atoms with E-state index in [9.17, 15) is 18.8 Å². The SMILES string of the molecule is Cc1ccc(NC(=O)Cn2c(=O)n(-c3ccc(F)cc3)c(=O)c3c2cc(C)n3C)c(Cl)c1. The first kappa shape index (κ1) is 21.6. The Morgan fingerprint density at radius 1 is 1.06 bits per heavy atom. The summed E-state index contributed by atoms with van der Waals surface area (Å²) in [6, 6.07) is 11.9. The van der Waals surface area contributed by atoms with Gasteiger partial charge in [-0.1, -0.05) is 17.7 Å². The molecule has 0 fully saturated rings. The molecule has 9 heteroatoms. The Kier molecular flexibility index (Phi) is 5.48. The fourth-order valence-electron chi connectivity index (χ4n) is 3.61. The molecule has 0 unspecified atom stereocenters. The van der Waals surface area contributed by atoms with Crippen LogP contribution in [0.2, 0.25) is 5.02 Å². The molecule has 0 bridgehead atoms. The number of benzene rings is 2. The van der Waals surface area contributed by atoms with Crippen molar-refractivity contribution in [3.05, 3.63) is 91.5 Å². The fourth-order valence-corrected chi connectivity index (χ4v) is 3.89. The molecule has 1 amide bonds. The molecule has 0 radical (unpaired) electrons. The molecule has 0 aliphatic heterocycles. The molecule has 0 saturated heterocycles. The van der Waals surface area contributed by atoms with Crippen LogP contribution < -0.4 is 16.6 Å². The van der Waals surface area contributed by atoms with Crippen molar-refractivity contribution in [1.82, 2.24) is 13.7 Å². The van der Waals surface area contributed by atoms with Crippen LogP contribution in [0.1, 0.15) is 11.3 Å². The van der Waals surface area contributed by atoms with Gasteiger partial charge in [-0.2, -0.15) is 0 Å². The number of nitrogens with zero attached hydrogens (tertiary/aromatic N) is 3. The topological polar surface area (TPSA) is 78.0 Å². The van der Waals surface area contributed by atoms with Crippen molar-refractivity contribution in [2.45, 2.75) is 20.4 Å². The highest BCUT2D eigenvalue weighted by Crippen LogP contribution is 2.23. The van der Waals surface area contributed by atoms with Gasteiger partial charge in [-0.05, 0) is 61.9 Å². The largest absolute Gasteiger partial charge is 0.342 e. The van der Waals surface area contributed by atoms with E-state index in [1.807, 2.05) is 6.92 Å².